The number of benzene rings is 3. The van der Waals surface area contributed by atoms with E-state index in [9.17, 15) is 19.6 Å². The van der Waals surface area contributed by atoms with Gasteiger partial charge in [-0.1, -0.05) is 24.3 Å². The van der Waals surface area contributed by atoms with Crippen molar-refractivity contribution in [3.63, 3.8) is 0 Å². The maximum Gasteiger partial charge on any atom is 0.338 e. The van der Waals surface area contributed by atoms with Crippen molar-refractivity contribution in [1.29, 1.82) is 5.26 Å². The number of nitriles is 1. The number of anilines is 1. The molecule has 3 aliphatic heterocycles. The summed E-state index contributed by atoms with van der Waals surface area (Å²) < 4.78 is 16.6. The number of aryl methyl sites for hydroxylation is 1. The largest absolute Gasteiger partial charge is 0.457 e. The number of amides is 3. The number of thioether (sulfide) groups is 1. The molecule has 0 bridgehead atoms. The number of nitrogens with zero attached hydrogens (tertiary/aromatic N) is 1. The molecule has 0 radical (unpaired) electrons. The van der Waals surface area contributed by atoms with E-state index in [4.69, 9.17) is 14.2 Å². The van der Waals surface area contributed by atoms with E-state index in [0.29, 0.717) is 58.2 Å². The SMILES string of the molecule is N#Cc1cccc(COC(=O)C2=C(CCc3ccc4c(c3)OCO4)NC(=O)NC2c2ccc3c(c2)NC(=O)CS3)c1. The van der Waals surface area contributed by atoms with E-state index in [1.165, 1.54) is 11.8 Å². The highest BCUT2D eigenvalue weighted by Gasteiger charge is 2.34. The Morgan fingerprint density at radius 1 is 1.00 bits per heavy atom. The summed E-state index contributed by atoms with van der Waals surface area (Å²) in [6.07, 6.45) is 0.853. The van der Waals surface area contributed by atoms with Crippen LogP contribution < -0.4 is 25.4 Å². The number of carbonyl (C=O) groups excluding carboxylic acids is 3. The van der Waals surface area contributed by atoms with Crippen LogP contribution >= 0.6 is 11.8 Å². The molecule has 3 aliphatic rings. The Morgan fingerprint density at radius 2 is 1.88 bits per heavy atom. The molecular formula is C30H24N4O6S. The molecule has 10 nitrogen and oxygen atoms in total. The van der Waals surface area contributed by atoms with E-state index >= 15 is 0 Å². The number of nitrogens with one attached hydrogen (secondary N) is 3. The first-order valence-corrected chi connectivity index (χ1v) is 13.9. The Hall–Kier alpha value is -4.95. The summed E-state index contributed by atoms with van der Waals surface area (Å²) in [6, 6.07) is 18.7. The molecule has 1 unspecified atom stereocenters. The molecule has 1 atom stereocenters. The van der Waals surface area contributed by atoms with Crippen molar-refractivity contribution < 1.29 is 28.6 Å². The number of carbonyl (C=O) groups is 3. The summed E-state index contributed by atoms with van der Waals surface area (Å²) in [5.41, 5.74) is 4.01. The normalized spacial score (nSPS) is 17.1. The lowest BCUT2D eigenvalue weighted by Crippen LogP contribution is -2.46. The maximum absolute atomic E-state index is 13.7. The summed E-state index contributed by atoms with van der Waals surface area (Å²) >= 11 is 1.43. The van der Waals surface area contributed by atoms with E-state index in [1.807, 2.05) is 30.3 Å². The van der Waals surface area contributed by atoms with E-state index in [-0.39, 0.29) is 24.9 Å². The van der Waals surface area contributed by atoms with Crippen molar-refractivity contribution in [1.82, 2.24) is 10.6 Å². The Kier molecular flexibility index (Phi) is 7.22. The molecule has 11 heteroatoms. The highest BCUT2D eigenvalue weighted by molar-refractivity contribution is 8.00. The van der Waals surface area contributed by atoms with Crippen LogP contribution in [0.4, 0.5) is 10.5 Å². The lowest BCUT2D eigenvalue weighted by Gasteiger charge is -2.30. The molecule has 0 spiro atoms. The van der Waals surface area contributed by atoms with E-state index < -0.39 is 18.0 Å². The lowest BCUT2D eigenvalue weighted by atomic mass is 9.92. The van der Waals surface area contributed by atoms with Crippen molar-refractivity contribution in [2.75, 3.05) is 17.9 Å². The summed E-state index contributed by atoms with van der Waals surface area (Å²) in [5.74, 6) is 0.919. The fourth-order valence-corrected chi connectivity index (χ4v) is 5.70. The first kappa shape index (κ1) is 26.3. The average molecular weight is 569 g/mol. The highest BCUT2D eigenvalue weighted by Crippen LogP contribution is 2.37. The number of rotatable bonds is 7. The van der Waals surface area contributed by atoms with Gasteiger partial charge in [-0.05, 0) is 65.9 Å². The van der Waals surface area contributed by atoms with Gasteiger partial charge in [-0.3, -0.25) is 4.79 Å². The van der Waals surface area contributed by atoms with E-state index in [1.54, 1.807) is 30.3 Å². The molecular weight excluding hydrogens is 544 g/mol. The van der Waals surface area contributed by atoms with Crippen LogP contribution in [0.25, 0.3) is 0 Å². The predicted molar refractivity (Wildman–Crippen MR) is 149 cm³/mol. The Balaban J connectivity index is 1.32. The van der Waals surface area contributed by atoms with Gasteiger partial charge in [0, 0.05) is 10.6 Å². The maximum atomic E-state index is 13.7. The van der Waals surface area contributed by atoms with Gasteiger partial charge in [0.05, 0.1) is 34.7 Å². The van der Waals surface area contributed by atoms with Crippen LogP contribution in [-0.2, 0) is 27.4 Å². The molecule has 0 fully saturated rings. The Morgan fingerprint density at radius 3 is 2.76 bits per heavy atom. The minimum atomic E-state index is -0.817. The standard InChI is InChI=1S/C30H24N4O6S/c31-13-18-2-1-3-19(10-18)14-38-29(36)27-21(7-4-17-5-8-23-24(11-17)40-16-39-23)33-30(37)34-28(27)20-6-9-25-22(12-20)32-26(35)15-41-25/h1-3,5-6,8-12,28H,4,7,14-16H2,(H,32,35)(H2,33,34,37). The first-order chi connectivity index (χ1) is 20.0. The smallest absolute Gasteiger partial charge is 0.338 e. The van der Waals surface area contributed by atoms with Gasteiger partial charge in [0.1, 0.15) is 6.61 Å². The van der Waals surface area contributed by atoms with Crippen LogP contribution in [0.15, 0.2) is 76.8 Å². The monoisotopic (exact) mass is 568 g/mol. The fraction of sp³-hybridized carbons (Fsp3) is 0.200. The lowest BCUT2D eigenvalue weighted by molar-refractivity contribution is -0.140. The van der Waals surface area contributed by atoms with Gasteiger partial charge in [0.15, 0.2) is 11.5 Å². The quantitative estimate of drug-likeness (QED) is 0.359. The molecule has 3 N–H and O–H groups in total. The van der Waals surface area contributed by atoms with E-state index in [2.05, 4.69) is 22.0 Å². The zero-order valence-corrected chi connectivity index (χ0v) is 22.5. The number of urea groups is 1. The van der Waals surface area contributed by atoms with Gasteiger partial charge in [-0.25, -0.2) is 9.59 Å². The van der Waals surface area contributed by atoms with Gasteiger partial charge in [0.25, 0.3) is 0 Å². The summed E-state index contributed by atoms with van der Waals surface area (Å²) in [5, 5.41) is 17.7. The third-order valence-electron chi connectivity index (χ3n) is 6.87. The molecule has 0 aliphatic carbocycles. The third-order valence-corrected chi connectivity index (χ3v) is 7.94. The number of allylic oxidation sites excluding steroid dienone is 1. The molecule has 6 rings (SSSR count). The zero-order chi connectivity index (χ0) is 28.3. The molecule has 0 saturated carbocycles. The molecule has 3 aromatic carbocycles. The van der Waals surface area contributed by atoms with Crippen LogP contribution in [0.1, 0.15) is 34.7 Å². The minimum absolute atomic E-state index is 0.0507. The second-order valence-electron chi connectivity index (χ2n) is 9.59. The van der Waals surface area contributed by atoms with Gasteiger partial charge < -0.3 is 30.2 Å². The summed E-state index contributed by atoms with van der Waals surface area (Å²) in [4.78, 5) is 39.4. The van der Waals surface area contributed by atoms with Crippen molar-refractivity contribution in [3.8, 4) is 17.6 Å². The number of fused-ring (bicyclic) bond motifs is 2. The van der Waals surface area contributed by atoms with Crippen molar-refractivity contribution in [2.24, 2.45) is 0 Å². The number of ether oxygens (including phenoxy) is 3. The Bertz CT molecular complexity index is 1650. The van der Waals surface area contributed by atoms with Crippen LogP contribution in [0, 0.1) is 11.3 Å². The van der Waals surface area contributed by atoms with Crippen LogP contribution in [0.2, 0.25) is 0 Å². The summed E-state index contributed by atoms with van der Waals surface area (Å²) in [6.45, 7) is 0.116. The van der Waals surface area contributed by atoms with Gasteiger partial charge in [0.2, 0.25) is 12.7 Å². The van der Waals surface area contributed by atoms with Crippen LogP contribution in [-0.4, -0.2) is 30.5 Å². The molecule has 3 heterocycles. The van der Waals surface area contributed by atoms with Gasteiger partial charge in [-0.15, -0.1) is 11.8 Å². The van der Waals surface area contributed by atoms with Crippen LogP contribution in [0.3, 0.4) is 0 Å². The average Bonchev–Trinajstić information content (AvgIpc) is 3.46. The van der Waals surface area contributed by atoms with Gasteiger partial charge in [-0.2, -0.15) is 5.26 Å². The Labute approximate surface area is 239 Å². The number of hydrogen-bond acceptors (Lipinski definition) is 8. The molecule has 206 valence electrons. The van der Waals surface area contributed by atoms with Crippen LogP contribution in [0.5, 0.6) is 11.5 Å². The van der Waals surface area contributed by atoms with E-state index in [0.717, 1.165) is 10.5 Å². The van der Waals surface area contributed by atoms with Crippen molar-refractivity contribution in [3.05, 3.63) is 94.2 Å². The van der Waals surface area contributed by atoms with Crippen molar-refractivity contribution >= 4 is 35.4 Å². The molecule has 3 amide bonds. The molecule has 41 heavy (non-hydrogen) atoms. The number of hydrogen-bond donors (Lipinski definition) is 3. The second-order valence-corrected chi connectivity index (χ2v) is 10.6. The third kappa shape index (κ3) is 5.69. The number of esters is 1. The fourth-order valence-electron chi connectivity index (χ4n) is 4.91. The predicted octanol–water partition coefficient (Wildman–Crippen LogP) is 4.32. The molecule has 3 aromatic rings. The second kappa shape index (κ2) is 11.3. The van der Waals surface area contributed by atoms with Gasteiger partial charge >= 0.3 is 12.0 Å². The molecule has 0 saturated heterocycles. The topological polar surface area (TPSA) is 139 Å². The minimum Gasteiger partial charge on any atom is -0.457 e. The zero-order valence-electron chi connectivity index (χ0n) is 21.7. The molecule has 0 aromatic heterocycles. The highest BCUT2D eigenvalue weighted by atomic mass is 32.2. The van der Waals surface area contributed by atoms with Crippen molar-refractivity contribution in [2.45, 2.75) is 30.4 Å². The first-order valence-electron chi connectivity index (χ1n) is 12.9. The summed E-state index contributed by atoms with van der Waals surface area (Å²) in [7, 11) is 0.